The summed E-state index contributed by atoms with van der Waals surface area (Å²) in [5.74, 6) is -0.00921. The Kier molecular flexibility index (Phi) is 9.92. The first-order valence-electron chi connectivity index (χ1n) is 6.62. The van der Waals surface area contributed by atoms with Crippen LogP contribution >= 0.6 is 0 Å². The van der Waals surface area contributed by atoms with Crippen molar-refractivity contribution in [1.29, 1.82) is 0 Å². The van der Waals surface area contributed by atoms with Gasteiger partial charge in [-0.05, 0) is 13.3 Å². The first-order valence-corrected chi connectivity index (χ1v) is 6.62. The second kappa shape index (κ2) is 10.3. The molecule has 0 aromatic carbocycles. The van der Waals surface area contributed by atoms with Gasteiger partial charge in [-0.3, -0.25) is 4.79 Å². The molecule has 0 spiro atoms. The Morgan fingerprint density at radius 1 is 1.33 bits per heavy atom. The van der Waals surface area contributed by atoms with E-state index in [9.17, 15) is 4.79 Å². The smallest absolute Gasteiger partial charge is 0.239 e. The van der Waals surface area contributed by atoms with E-state index in [0.717, 1.165) is 19.3 Å². The zero-order chi connectivity index (χ0) is 14.0. The second-order valence-corrected chi connectivity index (χ2v) is 4.58. The van der Waals surface area contributed by atoms with Gasteiger partial charge in [0.25, 0.3) is 0 Å². The van der Waals surface area contributed by atoms with Gasteiger partial charge in [-0.15, -0.1) is 0 Å². The number of hydrogen-bond acceptors (Lipinski definition) is 4. The van der Waals surface area contributed by atoms with Crippen molar-refractivity contribution in [2.24, 2.45) is 5.73 Å². The zero-order valence-electron chi connectivity index (χ0n) is 12.1. The maximum absolute atomic E-state index is 12.3. The third-order valence-electron chi connectivity index (χ3n) is 2.95. The van der Waals surface area contributed by atoms with Gasteiger partial charge >= 0.3 is 0 Å². The topological polar surface area (TPSA) is 64.8 Å². The van der Waals surface area contributed by atoms with Crippen LogP contribution in [0.4, 0.5) is 0 Å². The number of nitrogens with zero attached hydrogens (tertiary/aromatic N) is 1. The highest BCUT2D eigenvalue weighted by molar-refractivity contribution is 5.81. The molecular formula is C13H28N2O3. The van der Waals surface area contributed by atoms with Crippen molar-refractivity contribution in [2.45, 2.75) is 45.2 Å². The van der Waals surface area contributed by atoms with Gasteiger partial charge in [-0.25, -0.2) is 0 Å². The molecule has 0 aliphatic rings. The lowest BCUT2D eigenvalue weighted by atomic mass is 10.1. The molecule has 0 radical (unpaired) electrons. The van der Waals surface area contributed by atoms with Crippen molar-refractivity contribution in [3.63, 3.8) is 0 Å². The number of methoxy groups -OCH3 is 2. The minimum Gasteiger partial charge on any atom is -0.383 e. The summed E-state index contributed by atoms with van der Waals surface area (Å²) in [7, 11) is 3.26. The van der Waals surface area contributed by atoms with Gasteiger partial charge in [0.15, 0.2) is 0 Å². The maximum Gasteiger partial charge on any atom is 0.239 e. The maximum atomic E-state index is 12.3. The van der Waals surface area contributed by atoms with Crippen molar-refractivity contribution in [2.75, 3.05) is 34.0 Å². The normalized spacial score (nSPS) is 14.3. The van der Waals surface area contributed by atoms with Crippen LogP contribution in [0.1, 0.15) is 33.1 Å². The molecule has 5 nitrogen and oxygen atoms in total. The average Bonchev–Trinajstić information content (AvgIpc) is 2.36. The number of nitrogens with two attached hydrogens (primary N) is 1. The predicted octanol–water partition coefficient (Wildman–Crippen LogP) is 1.01. The fourth-order valence-corrected chi connectivity index (χ4v) is 1.83. The van der Waals surface area contributed by atoms with Crippen molar-refractivity contribution in [3.8, 4) is 0 Å². The van der Waals surface area contributed by atoms with Crippen LogP contribution < -0.4 is 5.73 Å². The van der Waals surface area contributed by atoms with Crippen LogP contribution in [0.2, 0.25) is 0 Å². The summed E-state index contributed by atoms with van der Waals surface area (Å²) in [6.45, 7) is 5.63. The Morgan fingerprint density at radius 2 is 2.00 bits per heavy atom. The second-order valence-electron chi connectivity index (χ2n) is 4.58. The number of hydrogen-bond donors (Lipinski definition) is 1. The highest BCUT2D eigenvalue weighted by Gasteiger charge is 2.24. The minimum atomic E-state index is -0.416. The molecule has 0 saturated heterocycles. The van der Waals surface area contributed by atoms with E-state index in [1.807, 2.05) is 6.92 Å². The lowest BCUT2D eigenvalue weighted by Gasteiger charge is -2.31. The summed E-state index contributed by atoms with van der Waals surface area (Å²) < 4.78 is 10.1. The van der Waals surface area contributed by atoms with E-state index in [2.05, 4.69) is 6.92 Å². The highest BCUT2D eigenvalue weighted by Crippen LogP contribution is 2.07. The minimum absolute atomic E-state index is 0.00921. The fourth-order valence-electron chi connectivity index (χ4n) is 1.83. The molecule has 0 saturated carbocycles. The van der Waals surface area contributed by atoms with Gasteiger partial charge in [0.05, 0.1) is 25.3 Å². The Morgan fingerprint density at radius 3 is 2.50 bits per heavy atom. The van der Waals surface area contributed by atoms with Gasteiger partial charge in [0.2, 0.25) is 5.91 Å². The standard InChI is InChI=1S/C13H28N2O3/c1-5-6-7-12(14)13(16)15(8-9-17-3)11(2)10-18-4/h11-12H,5-10,14H2,1-4H3/t11?,12-/m0/s1. The van der Waals surface area contributed by atoms with Crippen LogP contribution in [0.5, 0.6) is 0 Å². The number of carbonyl (C=O) groups is 1. The molecule has 0 aromatic rings. The molecule has 1 unspecified atom stereocenters. The lowest BCUT2D eigenvalue weighted by Crippen LogP contribution is -2.50. The summed E-state index contributed by atoms with van der Waals surface area (Å²) in [6.07, 6.45) is 2.76. The molecule has 18 heavy (non-hydrogen) atoms. The molecule has 1 amide bonds. The quantitative estimate of drug-likeness (QED) is 0.637. The SMILES string of the molecule is CCCC[C@H](N)C(=O)N(CCOC)C(C)COC. The number of unbranched alkanes of at least 4 members (excludes halogenated alkanes) is 1. The van der Waals surface area contributed by atoms with Crippen LogP contribution in [0, 0.1) is 0 Å². The van der Waals surface area contributed by atoms with Gasteiger partial charge < -0.3 is 20.1 Å². The van der Waals surface area contributed by atoms with Crippen LogP contribution in [0.3, 0.4) is 0 Å². The molecular weight excluding hydrogens is 232 g/mol. The van der Waals surface area contributed by atoms with Crippen LogP contribution in [-0.2, 0) is 14.3 Å². The largest absolute Gasteiger partial charge is 0.383 e. The molecule has 0 aliphatic carbocycles. The van der Waals surface area contributed by atoms with E-state index in [1.165, 1.54) is 0 Å². The summed E-state index contributed by atoms with van der Waals surface area (Å²) in [6, 6.07) is -0.397. The first kappa shape index (κ1) is 17.4. The van der Waals surface area contributed by atoms with E-state index in [-0.39, 0.29) is 11.9 Å². The molecule has 0 heterocycles. The summed E-state index contributed by atoms with van der Waals surface area (Å²) in [5, 5.41) is 0. The van der Waals surface area contributed by atoms with Crippen LogP contribution in [0.15, 0.2) is 0 Å². The molecule has 2 N–H and O–H groups in total. The molecule has 0 rings (SSSR count). The number of ether oxygens (including phenoxy) is 2. The molecule has 0 aliphatic heterocycles. The Bertz CT molecular complexity index is 224. The molecule has 2 atom stereocenters. The first-order chi connectivity index (χ1) is 8.58. The van der Waals surface area contributed by atoms with Crippen LogP contribution in [-0.4, -0.2) is 56.9 Å². The average molecular weight is 260 g/mol. The highest BCUT2D eigenvalue weighted by atomic mass is 16.5. The summed E-state index contributed by atoms with van der Waals surface area (Å²) >= 11 is 0. The molecule has 5 heteroatoms. The molecule has 108 valence electrons. The van der Waals surface area contributed by atoms with Crippen molar-refractivity contribution in [3.05, 3.63) is 0 Å². The number of amides is 1. The lowest BCUT2D eigenvalue weighted by molar-refractivity contribution is -0.136. The van der Waals surface area contributed by atoms with Gasteiger partial charge in [0, 0.05) is 20.8 Å². The predicted molar refractivity (Wildman–Crippen MR) is 72.4 cm³/mol. The Labute approximate surface area is 111 Å². The molecule has 0 aromatic heterocycles. The van der Waals surface area contributed by atoms with E-state index in [1.54, 1.807) is 19.1 Å². The monoisotopic (exact) mass is 260 g/mol. The fraction of sp³-hybridized carbons (Fsp3) is 0.923. The van der Waals surface area contributed by atoms with Gasteiger partial charge in [-0.1, -0.05) is 19.8 Å². The molecule has 0 bridgehead atoms. The third-order valence-corrected chi connectivity index (χ3v) is 2.95. The number of rotatable bonds is 10. The van der Waals surface area contributed by atoms with E-state index >= 15 is 0 Å². The zero-order valence-corrected chi connectivity index (χ0v) is 12.1. The van der Waals surface area contributed by atoms with E-state index in [4.69, 9.17) is 15.2 Å². The van der Waals surface area contributed by atoms with Crippen molar-refractivity contribution >= 4 is 5.91 Å². The van der Waals surface area contributed by atoms with E-state index < -0.39 is 6.04 Å². The number of carbonyl (C=O) groups excluding carboxylic acids is 1. The van der Waals surface area contributed by atoms with Gasteiger partial charge in [0.1, 0.15) is 0 Å². The Hall–Kier alpha value is -0.650. The van der Waals surface area contributed by atoms with Crippen molar-refractivity contribution < 1.29 is 14.3 Å². The summed E-state index contributed by atoms with van der Waals surface area (Å²) in [4.78, 5) is 14.0. The third kappa shape index (κ3) is 6.33. The van der Waals surface area contributed by atoms with Gasteiger partial charge in [-0.2, -0.15) is 0 Å². The molecule has 0 fully saturated rings. The summed E-state index contributed by atoms with van der Waals surface area (Å²) in [5.41, 5.74) is 5.94. The van der Waals surface area contributed by atoms with E-state index in [0.29, 0.717) is 19.8 Å². The van der Waals surface area contributed by atoms with Crippen molar-refractivity contribution in [1.82, 2.24) is 4.90 Å². The Balaban J connectivity index is 4.46. The van der Waals surface area contributed by atoms with Crippen LogP contribution in [0.25, 0.3) is 0 Å².